The predicted octanol–water partition coefficient (Wildman–Crippen LogP) is 3.37. The molecule has 2 unspecified atom stereocenters. The summed E-state index contributed by atoms with van der Waals surface area (Å²) < 4.78 is 10.4. The number of carbonyl (C=O) groups excluding carboxylic acids is 1. The Morgan fingerprint density at radius 2 is 2.10 bits per heavy atom. The molecule has 3 heterocycles. The van der Waals surface area contributed by atoms with Crippen LogP contribution in [0.25, 0.3) is 22.0 Å². The van der Waals surface area contributed by atoms with Crippen molar-refractivity contribution in [2.24, 2.45) is 13.0 Å². The van der Waals surface area contributed by atoms with Gasteiger partial charge in [-0.1, -0.05) is 0 Å². The van der Waals surface area contributed by atoms with Crippen LogP contribution in [-0.4, -0.2) is 38.1 Å². The minimum absolute atomic E-state index is 0.0651. The van der Waals surface area contributed by atoms with Crippen LogP contribution in [0, 0.1) is 12.8 Å². The summed E-state index contributed by atoms with van der Waals surface area (Å²) in [7, 11) is 1.95. The Morgan fingerprint density at radius 3 is 2.79 bits per heavy atom. The number of carbonyl (C=O) groups is 1. The van der Waals surface area contributed by atoms with Gasteiger partial charge in [0, 0.05) is 43.4 Å². The molecule has 7 nitrogen and oxygen atoms in total. The maximum atomic E-state index is 11.6. The third-order valence-corrected chi connectivity index (χ3v) is 6.56. The molecule has 2 atom stereocenters. The van der Waals surface area contributed by atoms with Crippen LogP contribution in [0.1, 0.15) is 44.3 Å². The van der Waals surface area contributed by atoms with Gasteiger partial charge in [0.1, 0.15) is 11.9 Å². The van der Waals surface area contributed by atoms with Crippen molar-refractivity contribution >= 4 is 16.8 Å². The van der Waals surface area contributed by atoms with Crippen LogP contribution in [0.5, 0.6) is 5.75 Å². The third kappa shape index (κ3) is 3.18. The fourth-order valence-corrected chi connectivity index (χ4v) is 4.30. The van der Waals surface area contributed by atoms with Crippen molar-refractivity contribution in [1.29, 1.82) is 0 Å². The first-order valence-corrected chi connectivity index (χ1v) is 10.4. The normalized spacial score (nSPS) is 20.7. The van der Waals surface area contributed by atoms with E-state index in [-0.39, 0.29) is 17.9 Å². The summed E-state index contributed by atoms with van der Waals surface area (Å²) in [4.78, 5) is 11.6. The molecule has 152 valence electrons. The SMILES string of the molecule is Cc1c2c(OC(C)C3CNC(=O)C3)cc(-c3cnn(C4CCC4)c3)cc2nn1C. The van der Waals surface area contributed by atoms with Crippen molar-refractivity contribution < 1.29 is 9.53 Å². The molecule has 1 amide bonds. The summed E-state index contributed by atoms with van der Waals surface area (Å²) in [5.74, 6) is 1.11. The lowest BCUT2D eigenvalue weighted by molar-refractivity contribution is -0.119. The zero-order valence-corrected chi connectivity index (χ0v) is 17.2. The molecule has 0 bridgehead atoms. The molecule has 2 aliphatic rings. The molecule has 7 heteroatoms. The van der Waals surface area contributed by atoms with Crippen LogP contribution in [0.15, 0.2) is 24.5 Å². The fraction of sp³-hybridized carbons (Fsp3) is 0.500. The number of aromatic nitrogens is 4. The molecule has 5 rings (SSSR count). The number of ether oxygens (including phenoxy) is 1. The van der Waals surface area contributed by atoms with E-state index in [1.165, 1.54) is 19.3 Å². The second kappa shape index (κ2) is 6.90. The lowest BCUT2D eigenvalue weighted by Crippen LogP contribution is -2.25. The van der Waals surface area contributed by atoms with Gasteiger partial charge in [0.25, 0.3) is 0 Å². The number of nitrogens with zero attached hydrogens (tertiary/aromatic N) is 4. The molecule has 1 N–H and O–H groups in total. The van der Waals surface area contributed by atoms with Crippen LogP contribution in [0.4, 0.5) is 0 Å². The minimum Gasteiger partial charge on any atom is -0.490 e. The number of fused-ring (bicyclic) bond motifs is 1. The summed E-state index contributed by atoms with van der Waals surface area (Å²) in [6.07, 6.45) is 8.22. The Hall–Kier alpha value is -2.83. The Kier molecular flexibility index (Phi) is 4.33. The highest BCUT2D eigenvalue weighted by Crippen LogP contribution is 2.37. The molecule has 2 fully saturated rings. The van der Waals surface area contributed by atoms with Crippen molar-refractivity contribution in [3.63, 3.8) is 0 Å². The molecule has 1 aliphatic carbocycles. The first-order valence-electron chi connectivity index (χ1n) is 10.4. The molecular weight excluding hydrogens is 366 g/mol. The van der Waals surface area contributed by atoms with E-state index in [0.29, 0.717) is 19.0 Å². The van der Waals surface area contributed by atoms with Gasteiger partial charge in [0.05, 0.1) is 23.1 Å². The lowest BCUT2D eigenvalue weighted by atomic mass is 9.93. The van der Waals surface area contributed by atoms with Gasteiger partial charge in [0.2, 0.25) is 5.91 Å². The quantitative estimate of drug-likeness (QED) is 0.721. The number of aryl methyl sites for hydroxylation is 2. The fourth-order valence-electron chi connectivity index (χ4n) is 4.30. The van der Waals surface area contributed by atoms with Crippen LogP contribution in [0.3, 0.4) is 0 Å². The predicted molar refractivity (Wildman–Crippen MR) is 111 cm³/mol. The molecule has 0 spiro atoms. The van der Waals surface area contributed by atoms with Crippen LogP contribution in [-0.2, 0) is 11.8 Å². The molecule has 29 heavy (non-hydrogen) atoms. The number of hydrogen-bond acceptors (Lipinski definition) is 4. The van der Waals surface area contributed by atoms with Gasteiger partial charge in [-0.15, -0.1) is 0 Å². The van der Waals surface area contributed by atoms with Gasteiger partial charge in [-0.25, -0.2) is 0 Å². The van der Waals surface area contributed by atoms with E-state index in [4.69, 9.17) is 4.74 Å². The van der Waals surface area contributed by atoms with Crippen molar-refractivity contribution in [3.8, 4) is 16.9 Å². The van der Waals surface area contributed by atoms with E-state index in [0.717, 1.165) is 33.5 Å². The number of rotatable bonds is 5. The Morgan fingerprint density at radius 1 is 1.28 bits per heavy atom. The van der Waals surface area contributed by atoms with E-state index >= 15 is 0 Å². The average Bonchev–Trinajstić information content (AvgIpc) is 3.34. The summed E-state index contributed by atoms with van der Waals surface area (Å²) in [6, 6.07) is 4.75. The van der Waals surface area contributed by atoms with E-state index < -0.39 is 0 Å². The van der Waals surface area contributed by atoms with Gasteiger partial charge in [-0.2, -0.15) is 10.2 Å². The van der Waals surface area contributed by atoms with Gasteiger partial charge >= 0.3 is 0 Å². The molecule has 0 radical (unpaired) electrons. The Bertz CT molecular complexity index is 1080. The lowest BCUT2D eigenvalue weighted by Gasteiger charge is -2.25. The second-order valence-corrected chi connectivity index (χ2v) is 8.46. The van der Waals surface area contributed by atoms with Crippen molar-refractivity contribution in [1.82, 2.24) is 24.9 Å². The zero-order chi connectivity index (χ0) is 20.1. The first-order chi connectivity index (χ1) is 14.0. The average molecular weight is 393 g/mol. The van der Waals surface area contributed by atoms with E-state index in [2.05, 4.69) is 45.4 Å². The molecule has 1 aromatic carbocycles. The first kappa shape index (κ1) is 18.2. The Balaban J connectivity index is 1.52. The number of hydrogen-bond donors (Lipinski definition) is 1. The van der Waals surface area contributed by atoms with Crippen LogP contribution >= 0.6 is 0 Å². The molecule has 3 aromatic rings. The molecular formula is C22H27N5O2. The van der Waals surface area contributed by atoms with Crippen molar-refractivity contribution in [2.75, 3.05) is 6.54 Å². The molecule has 2 aromatic heterocycles. The number of nitrogens with one attached hydrogen (secondary N) is 1. The monoisotopic (exact) mass is 393 g/mol. The topological polar surface area (TPSA) is 74.0 Å². The highest BCUT2D eigenvalue weighted by molar-refractivity contribution is 5.92. The maximum Gasteiger partial charge on any atom is 0.220 e. The number of benzene rings is 1. The number of amides is 1. The minimum atomic E-state index is -0.0651. The van der Waals surface area contributed by atoms with E-state index in [1.54, 1.807) is 0 Å². The molecule has 1 saturated heterocycles. The zero-order valence-electron chi connectivity index (χ0n) is 17.2. The highest BCUT2D eigenvalue weighted by Gasteiger charge is 2.29. The summed E-state index contributed by atoms with van der Waals surface area (Å²) in [5.41, 5.74) is 4.13. The Labute approximate surface area is 170 Å². The van der Waals surface area contributed by atoms with Gasteiger partial charge in [-0.05, 0) is 50.8 Å². The summed E-state index contributed by atoms with van der Waals surface area (Å²) >= 11 is 0. The molecule has 1 aliphatic heterocycles. The van der Waals surface area contributed by atoms with Gasteiger partial charge < -0.3 is 10.1 Å². The van der Waals surface area contributed by atoms with E-state index in [9.17, 15) is 4.79 Å². The molecule has 1 saturated carbocycles. The van der Waals surface area contributed by atoms with E-state index in [1.807, 2.05) is 24.9 Å². The van der Waals surface area contributed by atoms with Gasteiger partial charge in [0.15, 0.2) is 0 Å². The third-order valence-electron chi connectivity index (χ3n) is 6.56. The van der Waals surface area contributed by atoms with Crippen molar-refractivity contribution in [2.45, 2.75) is 51.7 Å². The van der Waals surface area contributed by atoms with Crippen LogP contribution < -0.4 is 10.1 Å². The second-order valence-electron chi connectivity index (χ2n) is 8.46. The maximum absolute atomic E-state index is 11.6. The largest absolute Gasteiger partial charge is 0.490 e. The standard InChI is InChI=1S/C22H27N5O2/c1-13-22-19(25-26(13)3)7-15(17-11-24-27(12-17)18-5-4-6-18)8-20(22)29-14(2)16-9-21(28)23-10-16/h7-8,11-12,14,16,18H,4-6,9-10H2,1-3H3,(H,23,28). The van der Waals surface area contributed by atoms with Crippen molar-refractivity contribution in [3.05, 3.63) is 30.2 Å². The highest BCUT2D eigenvalue weighted by atomic mass is 16.5. The van der Waals surface area contributed by atoms with Gasteiger partial charge in [-0.3, -0.25) is 14.2 Å². The van der Waals surface area contributed by atoms with Crippen LogP contribution in [0.2, 0.25) is 0 Å². The smallest absolute Gasteiger partial charge is 0.220 e. The summed E-state index contributed by atoms with van der Waals surface area (Å²) in [5, 5.41) is 13.2. The summed E-state index contributed by atoms with van der Waals surface area (Å²) in [6.45, 7) is 4.77.